The molecule has 1 aromatic carbocycles. The normalized spacial score (nSPS) is 12.6. The fraction of sp³-hybridized carbons (Fsp3) is 0.357. The summed E-state index contributed by atoms with van der Waals surface area (Å²) < 4.78 is 0. The van der Waals surface area contributed by atoms with Crippen molar-refractivity contribution in [3.8, 4) is 0 Å². The van der Waals surface area contributed by atoms with Crippen molar-refractivity contribution in [1.29, 1.82) is 0 Å². The summed E-state index contributed by atoms with van der Waals surface area (Å²) in [5, 5.41) is 12.2. The highest BCUT2D eigenvalue weighted by atomic mass is 16.4. The zero-order valence-electron chi connectivity index (χ0n) is 11.0. The lowest BCUT2D eigenvalue weighted by molar-refractivity contribution is -0.142. The van der Waals surface area contributed by atoms with Crippen molar-refractivity contribution in [2.75, 3.05) is 11.9 Å². The molecule has 0 saturated carbocycles. The van der Waals surface area contributed by atoms with E-state index < -0.39 is 11.9 Å². The van der Waals surface area contributed by atoms with Crippen molar-refractivity contribution >= 4 is 22.8 Å². The fourth-order valence-corrected chi connectivity index (χ4v) is 1.87. The first kappa shape index (κ1) is 13.3. The van der Waals surface area contributed by atoms with Crippen molar-refractivity contribution in [2.24, 2.45) is 11.8 Å². The molecule has 0 fully saturated rings. The molecule has 1 aromatic heterocycles. The number of anilines is 1. The number of rotatable bonds is 5. The van der Waals surface area contributed by atoms with Crippen LogP contribution < -0.4 is 5.32 Å². The summed E-state index contributed by atoms with van der Waals surface area (Å²) in [6.45, 7) is 4.14. The Bertz CT molecular complexity index is 584. The highest BCUT2D eigenvalue weighted by Crippen LogP contribution is 2.14. The zero-order valence-corrected chi connectivity index (χ0v) is 11.0. The van der Waals surface area contributed by atoms with E-state index in [1.807, 2.05) is 38.1 Å². The van der Waals surface area contributed by atoms with Crippen LogP contribution in [-0.4, -0.2) is 27.6 Å². The molecule has 2 rings (SSSR count). The maximum absolute atomic E-state index is 11.1. The molecule has 100 valence electrons. The number of carboxylic acid groups (broad SMARTS) is 1. The molecule has 0 amide bonds. The summed E-state index contributed by atoms with van der Waals surface area (Å²) in [5.74, 6) is -0.562. The van der Waals surface area contributed by atoms with Crippen molar-refractivity contribution in [2.45, 2.75) is 13.8 Å². The van der Waals surface area contributed by atoms with E-state index in [9.17, 15) is 4.79 Å². The topological polar surface area (TPSA) is 75.1 Å². The van der Waals surface area contributed by atoms with E-state index in [1.54, 1.807) is 6.20 Å². The van der Waals surface area contributed by atoms with Gasteiger partial charge >= 0.3 is 5.97 Å². The van der Waals surface area contributed by atoms with Crippen LogP contribution in [-0.2, 0) is 4.79 Å². The van der Waals surface area contributed by atoms with E-state index in [-0.39, 0.29) is 5.92 Å². The molecule has 0 aliphatic heterocycles. The number of aromatic nitrogens is 2. The average molecular weight is 259 g/mol. The number of carboxylic acids is 1. The minimum absolute atomic E-state index is 0.0680. The first-order valence-electron chi connectivity index (χ1n) is 6.26. The SMILES string of the molecule is CC(C)C(CNc1cnc2ccccc2n1)C(=O)O. The largest absolute Gasteiger partial charge is 0.481 e. The summed E-state index contributed by atoms with van der Waals surface area (Å²) in [5.41, 5.74) is 1.62. The molecule has 0 aliphatic carbocycles. The minimum Gasteiger partial charge on any atom is -0.481 e. The van der Waals surface area contributed by atoms with Gasteiger partial charge in [0.25, 0.3) is 0 Å². The molecular weight excluding hydrogens is 242 g/mol. The second-order valence-electron chi connectivity index (χ2n) is 4.81. The highest BCUT2D eigenvalue weighted by Gasteiger charge is 2.21. The Morgan fingerprint density at radius 2 is 2.00 bits per heavy atom. The molecule has 1 unspecified atom stereocenters. The number of para-hydroxylation sites is 2. The standard InChI is InChI=1S/C14H17N3O2/c1-9(2)10(14(18)19)7-16-13-8-15-11-5-3-4-6-12(11)17-13/h3-6,8-10H,7H2,1-2H3,(H,16,17)(H,18,19). The quantitative estimate of drug-likeness (QED) is 0.862. The van der Waals surface area contributed by atoms with Gasteiger partial charge in [-0.2, -0.15) is 0 Å². The Morgan fingerprint density at radius 1 is 1.32 bits per heavy atom. The van der Waals surface area contributed by atoms with Gasteiger partial charge in [0, 0.05) is 6.54 Å². The second kappa shape index (κ2) is 5.65. The average Bonchev–Trinajstić information content (AvgIpc) is 2.38. The number of benzene rings is 1. The molecule has 5 nitrogen and oxygen atoms in total. The van der Waals surface area contributed by atoms with Gasteiger partial charge in [0.15, 0.2) is 0 Å². The van der Waals surface area contributed by atoms with Crippen LogP contribution in [0.5, 0.6) is 0 Å². The third-order valence-electron chi connectivity index (χ3n) is 3.07. The van der Waals surface area contributed by atoms with E-state index in [2.05, 4.69) is 15.3 Å². The molecule has 5 heteroatoms. The molecule has 0 bridgehead atoms. The number of hydrogen-bond acceptors (Lipinski definition) is 4. The molecule has 1 atom stereocenters. The molecular formula is C14H17N3O2. The summed E-state index contributed by atoms with van der Waals surface area (Å²) in [6, 6.07) is 7.57. The first-order valence-corrected chi connectivity index (χ1v) is 6.26. The smallest absolute Gasteiger partial charge is 0.308 e. The predicted molar refractivity (Wildman–Crippen MR) is 74.0 cm³/mol. The van der Waals surface area contributed by atoms with Crippen molar-refractivity contribution in [1.82, 2.24) is 9.97 Å². The second-order valence-corrected chi connectivity index (χ2v) is 4.81. The van der Waals surface area contributed by atoms with Crippen LogP contribution in [0.25, 0.3) is 11.0 Å². The van der Waals surface area contributed by atoms with Gasteiger partial charge in [0.1, 0.15) is 5.82 Å². The van der Waals surface area contributed by atoms with E-state index in [4.69, 9.17) is 5.11 Å². The van der Waals surface area contributed by atoms with Gasteiger partial charge in [-0.05, 0) is 18.1 Å². The van der Waals surface area contributed by atoms with Crippen LogP contribution in [0, 0.1) is 11.8 Å². The maximum atomic E-state index is 11.1. The zero-order chi connectivity index (χ0) is 13.8. The van der Waals surface area contributed by atoms with Crippen LogP contribution in [0.3, 0.4) is 0 Å². The number of hydrogen-bond donors (Lipinski definition) is 2. The van der Waals surface area contributed by atoms with Gasteiger partial charge in [-0.15, -0.1) is 0 Å². The molecule has 2 N–H and O–H groups in total. The molecule has 0 radical (unpaired) electrons. The van der Waals surface area contributed by atoms with Crippen LogP contribution in [0.4, 0.5) is 5.82 Å². The Morgan fingerprint density at radius 3 is 2.63 bits per heavy atom. The Hall–Kier alpha value is -2.17. The Balaban J connectivity index is 2.11. The molecule has 0 saturated heterocycles. The summed E-state index contributed by atoms with van der Waals surface area (Å²) in [4.78, 5) is 19.8. The molecule has 1 heterocycles. The van der Waals surface area contributed by atoms with Crippen LogP contribution in [0.15, 0.2) is 30.5 Å². The van der Waals surface area contributed by atoms with E-state index in [0.29, 0.717) is 12.4 Å². The first-order chi connectivity index (χ1) is 9.08. The van der Waals surface area contributed by atoms with Gasteiger partial charge in [0.2, 0.25) is 0 Å². The van der Waals surface area contributed by atoms with Crippen LogP contribution in [0.1, 0.15) is 13.8 Å². The molecule has 19 heavy (non-hydrogen) atoms. The summed E-state index contributed by atoms with van der Waals surface area (Å²) in [7, 11) is 0. The lowest BCUT2D eigenvalue weighted by Crippen LogP contribution is -2.27. The number of nitrogens with one attached hydrogen (secondary N) is 1. The van der Waals surface area contributed by atoms with Gasteiger partial charge in [0.05, 0.1) is 23.1 Å². The van der Waals surface area contributed by atoms with Gasteiger partial charge < -0.3 is 10.4 Å². The summed E-state index contributed by atoms with van der Waals surface area (Å²) >= 11 is 0. The fourth-order valence-electron chi connectivity index (χ4n) is 1.87. The number of aliphatic carboxylic acids is 1. The lowest BCUT2D eigenvalue weighted by Gasteiger charge is -2.16. The highest BCUT2D eigenvalue weighted by molar-refractivity contribution is 5.75. The number of fused-ring (bicyclic) bond motifs is 1. The third-order valence-corrected chi connectivity index (χ3v) is 3.07. The van der Waals surface area contributed by atoms with Gasteiger partial charge in [-0.1, -0.05) is 26.0 Å². The maximum Gasteiger partial charge on any atom is 0.308 e. The van der Waals surface area contributed by atoms with Crippen LogP contribution >= 0.6 is 0 Å². The number of nitrogens with zero attached hydrogens (tertiary/aromatic N) is 2. The van der Waals surface area contributed by atoms with E-state index >= 15 is 0 Å². The van der Waals surface area contributed by atoms with Crippen molar-refractivity contribution in [3.63, 3.8) is 0 Å². The van der Waals surface area contributed by atoms with Crippen molar-refractivity contribution in [3.05, 3.63) is 30.5 Å². The molecule has 2 aromatic rings. The Kier molecular flexibility index (Phi) is 3.94. The van der Waals surface area contributed by atoms with Gasteiger partial charge in [-0.3, -0.25) is 9.78 Å². The third kappa shape index (κ3) is 3.19. The van der Waals surface area contributed by atoms with E-state index in [0.717, 1.165) is 11.0 Å². The molecule has 0 spiro atoms. The monoisotopic (exact) mass is 259 g/mol. The predicted octanol–water partition coefficient (Wildman–Crippen LogP) is 2.40. The number of carbonyl (C=O) groups is 1. The van der Waals surface area contributed by atoms with Crippen molar-refractivity contribution < 1.29 is 9.90 Å². The minimum atomic E-state index is -0.795. The van der Waals surface area contributed by atoms with Crippen LogP contribution in [0.2, 0.25) is 0 Å². The lowest BCUT2D eigenvalue weighted by atomic mass is 9.96. The Labute approximate surface area is 111 Å². The molecule has 0 aliphatic rings. The van der Waals surface area contributed by atoms with Gasteiger partial charge in [-0.25, -0.2) is 4.98 Å². The summed E-state index contributed by atoms with van der Waals surface area (Å²) in [6.07, 6.45) is 1.63. The van der Waals surface area contributed by atoms with E-state index in [1.165, 1.54) is 0 Å².